The molecule has 1 heterocycles. The minimum absolute atomic E-state index is 0.472. The molecule has 0 aromatic heterocycles. The second-order valence-electron chi connectivity index (χ2n) is 5.73. The normalized spacial score (nSPS) is 24.8. The highest BCUT2D eigenvalue weighted by Crippen LogP contribution is 2.33. The highest BCUT2D eigenvalue weighted by atomic mass is 16.5. The van der Waals surface area contributed by atoms with Crippen LogP contribution in [0, 0.1) is 5.92 Å². The number of hydrogen-bond donors (Lipinski definition) is 0. The lowest BCUT2D eigenvalue weighted by Crippen LogP contribution is -2.35. The molecule has 1 aliphatic carbocycles. The van der Waals surface area contributed by atoms with Crippen molar-refractivity contribution >= 4 is 5.78 Å². The molecule has 116 valence electrons. The zero-order chi connectivity index (χ0) is 15.2. The third-order valence-electron chi connectivity index (χ3n) is 4.48. The van der Waals surface area contributed by atoms with E-state index in [0.717, 1.165) is 36.7 Å². The molecule has 21 heavy (non-hydrogen) atoms. The highest BCUT2D eigenvalue weighted by molar-refractivity contribution is 5.80. The number of likely N-dealkylation sites (tertiary alicyclic amines) is 1. The Morgan fingerprint density at radius 2 is 1.71 bits per heavy atom. The minimum atomic E-state index is 0.472. The van der Waals surface area contributed by atoms with Crippen molar-refractivity contribution in [3.05, 3.63) is 24.3 Å². The standard InChI is InChI=1S/C9H15NO.C8H10O2/c1-10-5-4-7-2-3-8(11)6-9(7)10;1-9-7-5-3-4-6-8(7)10-2/h7,9H,2-6H2,1H3;3-6H,1-2H3. The Morgan fingerprint density at radius 1 is 1.10 bits per heavy atom. The van der Waals surface area contributed by atoms with Crippen LogP contribution in [0.15, 0.2) is 24.3 Å². The molecule has 1 saturated carbocycles. The van der Waals surface area contributed by atoms with Gasteiger partial charge in [-0.1, -0.05) is 12.1 Å². The van der Waals surface area contributed by atoms with Gasteiger partial charge in [0.05, 0.1) is 14.2 Å². The Bertz CT molecular complexity index is 452. The number of methoxy groups -OCH3 is 2. The second-order valence-corrected chi connectivity index (χ2v) is 5.73. The molecule has 2 fully saturated rings. The summed E-state index contributed by atoms with van der Waals surface area (Å²) in [7, 11) is 5.39. The van der Waals surface area contributed by atoms with Gasteiger partial charge in [-0.15, -0.1) is 0 Å². The quantitative estimate of drug-likeness (QED) is 0.840. The van der Waals surface area contributed by atoms with Crippen LogP contribution in [-0.4, -0.2) is 44.5 Å². The van der Waals surface area contributed by atoms with Crippen LogP contribution < -0.4 is 9.47 Å². The molecule has 2 atom stereocenters. The number of nitrogens with zero attached hydrogens (tertiary/aromatic N) is 1. The van der Waals surface area contributed by atoms with Gasteiger partial charge in [-0.3, -0.25) is 4.79 Å². The number of carbonyl (C=O) groups excluding carboxylic acids is 1. The number of ketones is 1. The smallest absolute Gasteiger partial charge is 0.160 e. The van der Waals surface area contributed by atoms with E-state index >= 15 is 0 Å². The molecule has 1 aliphatic heterocycles. The van der Waals surface area contributed by atoms with Gasteiger partial charge in [0.25, 0.3) is 0 Å². The first-order valence-electron chi connectivity index (χ1n) is 7.54. The van der Waals surface area contributed by atoms with Crippen molar-refractivity contribution in [2.45, 2.75) is 31.7 Å². The molecular weight excluding hydrogens is 266 g/mol. The summed E-state index contributed by atoms with van der Waals surface area (Å²) < 4.78 is 10.0. The Kier molecular flexibility index (Phi) is 5.62. The number of rotatable bonds is 2. The summed E-state index contributed by atoms with van der Waals surface area (Å²) in [4.78, 5) is 13.5. The van der Waals surface area contributed by atoms with Crippen LogP contribution in [0.3, 0.4) is 0 Å². The van der Waals surface area contributed by atoms with Gasteiger partial charge in [-0.05, 0) is 44.5 Å². The monoisotopic (exact) mass is 291 g/mol. The number of ether oxygens (including phenoxy) is 2. The van der Waals surface area contributed by atoms with Crippen molar-refractivity contribution in [2.75, 3.05) is 27.8 Å². The third kappa shape index (κ3) is 3.97. The number of hydrogen-bond acceptors (Lipinski definition) is 4. The summed E-state index contributed by atoms with van der Waals surface area (Å²) >= 11 is 0. The van der Waals surface area contributed by atoms with Crippen molar-refractivity contribution in [3.8, 4) is 11.5 Å². The van der Waals surface area contributed by atoms with E-state index in [1.807, 2.05) is 24.3 Å². The second kappa shape index (κ2) is 7.46. The van der Waals surface area contributed by atoms with Crippen molar-refractivity contribution in [2.24, 2.45) is 5.92 Å². The summed E-state index contributed by atoms with van der Waals surface area (Å²) in [5.41, 5.74) is 0. The van der Waals surface area contributed by atoms with E-state index in [9.17, 15) is 4.79 Å². The van der Waals surface area contributed by atoms with Crippen molar-refractivity contribution < 1.29 is 14.3 Å². The highest BCUT2D eigenvalue weighted by Gasteiger charge is 2.36. The summed E-state index contributed by atoms with van der Waals surface area (Å²) in [6.07, 6.45) is 4.12. The summed E-state index contributed by atoms with van der Waals surface area (Å²) in [5, 5.41) is 0. The van der Waals surface area contributed by atoms with E-state index < -0.39 is 0 Å². The minimum Gasteiger partial charge on any atom is -0.493 e. The van der Waals surface area contributed by atoms with Crippen LogP contribution in [0.2, 0.25) is 0 Å². The lowest BCUT2D eigenvalue weighted by atomic mass is 9.84. The molecule has 0 radical (unpaired) electrons. The van der Waals surface area contributed by atoms with Crippen molar-refractivity contribution in [1.82, 2.24) is 4.90 Å². The van der Waals surface area contributed by atoms with Crippen LogP contribution in [0.5, 0.6) is 11.5 Å². The Morgan fingerprint density at radius 3 is 2.29 bits per heavy atom. The molecule has 4 heteroatoms. The predicted molar refractivity (Wildman–Crippen MR) is 82.9 cm³/mol. The topological polar surface area (TPSA) is 38.8 Å². The lowest BCUT2D eigenvalue weighted by molar-refractivity contribution is -0.122. The van der Waals surface area contributed by atoms with Crippen LogP contribution >= 0.6 is 0 Å². The molecule has 4 nitrogen and oxygen atoms in total. The van der Waals surface area contributed by atoms with Gasteiger partial charge in [0.1, 0.15) is 5.78 Å². The number of benzene rings is 1. The van der Waals surface area contributed by atoms with E-state index in [4.69, 9.17) is 9.47 Å². The fourth-order valence-electron chi connectivity index (χ4n) is 3.22. The number of para-hydroxylation sites is 2. The fourth-order valence-corrected chi connectivity index (χ4v) is 3.22. The molecule has 3 rings (SSSR count). The fraction of sp³-hybridized carbons (Fsp3) is 0.588. The first-order chi connectivity index (χ1) is 10.2. The first-order valence-corrected chi connectivity index (χ1v) is 7.54. The van der Waals surface area contributed by atoms with E-state index in [2.05, 4.69) is 11.9 Å². The van der Waals surface area contributed by atoms with E-state index in [1.165, 1.54) is 13.0 Å². The summed E-state index contributed by atoms with van der Waals surface area (Å²) in [6, 6.07) is 8.12. The maximum Gasteiger partial charge on any atom is 0.160 e. The van der Waals surface area contributed by atoms with Gasteiger partial charge in [0.2, 0.25) is 0 Å². The molecule has 1 saturated heterocycles. The number of Topliss-reactive ketones (excluding diaryl/α,β-unsaturated/α-hetero) is 1. The van der Waals surface area contributed by atoms with Gasteiger partial charge < -0.3 is 14.4 Å². The SMILES string of the molecule is CN1CCC2CCC(=O)CC21.COc1ccccc1OC. The van der Waals surface area contributed by atoms with E-state index in [-0.39, 0.29) is 0 Å². The molecule has 1 aromatic carbocycles. The van der Waals surface area contributed by atoms with Crippen LogP contribution in [0.1, 0.15) is 25.7 Å². The largest absolute Gasteiger partial charge is 0.493 e. The van der Waals surface area contributed by atoms with Crippen molar-refractivity contribution in [1.29, 1.82) is 0 Å². The number of carbonyl (C=O) groups is 1. The molecule has 0 spiro atoms. The molecule has 0 bridgehead atoms. The summed E-state index contributed by atoms with van der Waals surface area (Å²) in [5.74, 6) is 2.84. The average molecular weight is 291 g/mol. The van der Waals surface area contributed by atoms with Crippen LogP contribution in [0.25, 0.3) is 0 Å². The molecule has 2 unspecified atom stereocenters. The van der Waals surface area contributed by atoms with Gasteiger partial charge in [-0.2, -0.15) is 0 Å². The van der Waals surface area contributed by atoms with Gasteiger partial charge >= 0.3 is 0 Å². The van der Waals surface area contributed by atoms with Gasteiger partial charge in [0, 0.05) is 18.9 Å². The maximum absolute atomic E-state index is 11.1. The Hall–Kier alpha value is -1.55. The average Bonchev–Trinajstić information content (AvgIpc) is 2.88. The lowest BCUT2D eigenvalue weighted by Gasteiger charge is -2.28. The van der Waals surface area contributed by atoms with E-state index in [1.54, 1.807) is 14.2 Å². The predicted octanol–water partition coefficient (Wildman–Crippen LogP) is 2.76. The van der Waals surface area contributed by atoms with Crippen LogP contribution in [0.4, 0.5) is 0 Å². The number of fused-ring (bicyclic) bond motifs is 1. The van der Waals surface area contributed by atoms with Crippen LogP contribution in [-0.2, 0) is 4.79 Å². The van der Waals surface area contributed by atoms with Gasteiger partial charge in [0.15, 0.2) is 11.5 Å². The zero-order valence-electron chi connectivity index (χ0n) is 13.2. The molecule has 0 amide bonds. The van der Waals surface area contributed by atoms with Crippen molar-refractivity contribution in [3.63, 3.8) is 0 Å². The molecule has 0 N–H and O–H groups in total. The van der Waals surface area contributed by atoms with Gasteiger partial charge in [-0.25, -0.2) is 0 Å². The third-order valence-corrected chi connectivity index (χ3v) is 4.48. The Balaban J connectivity index is 0.000000155. The maximum atomic E-state index is 11.1. The molecular formula is C17H25NO3. The molecule has 2 aliphatic rings. The Labute approximate surface area is 127 Å². The summed E-state index contributed by atoms with van der Waals surface area (Å²) in [6.45, 7) is 1.20. The molecule has 1 aromatic rings. The first kappa shape index (κ1) is 15.8. The zero-order valence-corrected chi connectivity index (χ0v) is 13.2. The van der Waals surface area contributed by atoms with E-state index in [0.29, 0.717) is 11.8 Å².